The van der Waals surface area contributed by atoms with Crippen LogP contribution in [-0.2, 0) is 0 Å². The van der Waals surface area contributed by atoms with Crippen LogP contribution in [0.5, 0.6) is 0 Å². The zero-order valence-corrected chi connectivity index (χ0v) is 7.71. The molecule has 80 valence electrons. The Bertz CT molecular complexity index is 469. The van der Waals surface area contributed by atoms with Crippen LogP contribution in [-0.4, -0.2) is 18.0 Å². The van der Waals surface area contributed by atoms with Gasteiger partial charge in [0.2, 0.25) is 0 Å². The van der Waals surface area contributed by atoms with Crippen LogP contribution in [0.2, 0.25) is 0 Å². The van der Waals surface area contributed by atoms with Crippen molar-refractivity contribution in [1.82, 2.24) is 4.98 Å². The molecule has 0 fully saturated rings. The van der Waals surface area contributed by atoms with Crippen LogP contribution in [0.3, 0.4) is 0 Å². The molecule has 1 aromatic carbocycles. The minimum absolute atomic E-state index is 0.0795. The highest BCUT2D eigenvalue weighted by molar-refractivity contribution is 5.77. The lowest BCUT2D eigenvalue weighted by molar-refractivity contribution is 0.162. The quantitative estimate of drug-likeness (QED) is 0.766. The maximum Gasteiger partial charge on any atom is 0.295 e. The second kappa shape index (κ2) is 3.72. The molecule has 6 heteroatoms. The third-order valence-corrected chi connectivity index (χ3v) is 1.82. The molecule has 1 heterocycles. The minimum atomic E-state index is -2.44. The van der Waals surface area contributed by atoms with E-state index in [4.69, 9.17) is 10.2 Å². The molecule has 0 saturated carbocycles. The first-order chi connectivity index (χ1) is 7.15. The second-order valence-corrected chi connectivity index (χ2v) is 3.02. The fourth-order valence-electron chi connectivity index (χ4n) is 1.18. The molecule has 2 aromatic rings. The topological polar surface area (TPSA) is 64.1 Å². The fourth-order valence-corrected chi connectivity index (χ4v) is 1.18. The number of benzene rings is 1. The number of fused-ring (bicyclic) bond motifs is 1. The fraction of sp³-hybridized carbons (Fsp3) is 0.222. The van der Waals surface area contributed by atoms with Gasteiger partial charge in [0, 0.05) is 11.8 Å². The Morgan fingerprint density at radius 3 is 3.00 bits per heavy atom. The Labute approximate surface area is 84.1 Å². The molecule has 0 aliphatic rings. The third kappa shape index (κ3) is 2.15. The van der Waals surface area contributed by atoms with Gasteiger partial charge in [0.15, 0.2) is 5.58 Å². The summed E-state index contributed by atoms with van der Waals surface area (Å²) in [7, 11) is 0. The van der Waals surface area contributed by atoms with Gasteiger partial charge < -0.3 is 15.5 Å². The highest BCUT2D eigenvalue weighted by Crippen LogP contribution is 2.20. The molecule has 0 radical (unpaired) electrons. The lowest BCUT2D eigenvalue weighted by Crippen LogP contribution is -2.10. The van der Waals surface area contributed by atoms with Crippen molar-refractivity contribution < 1.29 is 13.2 Å². The molecule has 4 nitrogen and oxygen atoms in total. The van der Waals surface area contributed by atoms with Gasteiger partial charge in [0.25, 0.3) is 12.4 Å². The van der Waals surface area contributed by atoms with Crippen LogP contribution < -0.4 is 11.1 Å². The predicted octanol–water partition coefficient (Wildman–Crippen LogP) is 2.09. The van der Waals surface area contributed by atoms with Gasteiger partial charge in [-0.05, 0) is 12.1 Å². The summed E-state index contributed by atoms with van der Waals surface area (Å²) >= 11 is 0. The standard InChI is InChI=1S/C9H9F2N3O/c10-8(11)4-13-9-14-6-2-1-5(12)3-7(6)15-9/h1-3,8H,4,12H2,(H,13,14). The Morgan fingerprint density at radius 2 is 2.27 bits per heavy atom. The molecule has 0 bridgehead atoms. The van der Waals surface area contributed by atoms with E-state index in [-0.39, 0.29) is 6.01 Å². The van der Waals surface area contributed by atoms with Crippen molar-refractivity contribution in [2.75, 3.05) is 17.6 Å². The smallest absolute Gasteiger partial charge is 0.295 e. The van der Waals surface area contributed by atoms with Gasteiger partial charge in [0.1, 0.15) is 5.52 Å². The second-order valence-electron chi connectivity index (χ2n) is 3.02. The molecule has 0 spiro atoms. The Hall–Kier alpha value is -1.85. The zero-order valence-electron chi connectivity index (χ0n) is 7.71. The molecule has 0 aliphatic carbocycles. The number of hydrogen-bond acceptors (Lipinski definition) is 4. The largest absolute Gasteiger partial charge is 0.423 e. The van der Waals surface area contributed by atoms with Crippen molar-refractivity contribution in [3.8, 4) is 0 Å². The Morgan fingerprint density at radius 1 is 1.47 bits per heavy atom. The van der Waals surface area contributed by atoms with Gasteiger partial charge in [-0.2, -0.15) is 4.98 Å². The summed E-state index contributed by atoms with van der Waals surface area (Å²) < 4.78 is 28.9. The van der Waals surface area contributed by atoms with E-state index >= 15 is 0 Å². The van der Waals surface area contributed by atoms with Crippen LogP contribution in [0.1, 0.15) is 0 Å². The lowest BCUT2D eigenvalue weighted by atomic mass is 10.3. The van der Waals surface area contributed by atoms with E-state index in [0.29, 0.717) is 16.8 Å². The number of alkyl halides is 2. The summed E-state index contributed by atoms with van der Waals surface area (Å²) in [6, 6.07) is 5.01. The summed E-state index contributed by atoms with van der Waals surface area (Å²) in [5.41, 5.74) is 7.13. The third-order valence-electron chi connectivity index (χ3n) is 1.82. The maximum absolute atomic E-state index is 11.9. The van der Waals surface area contributed by atoms with Crippen LogP contribution in [0.25, 0.3) is 11.1 Å². The van der Waals surface area contributed by atoms with Gasteiger partial charge >= 0.3 is 0 Å². The van der Waals surface area contributed by atoms with E-state index in [1.54, 1.807) is 18.2 Å². The predicted molar refractivity (Wildman–Crippen MR) is 52.9 cm³/mol. The molecule has 3 N–H and O–H groups in total. The average molecular weight is 213 g/mol. The number of halogens is 2. The summed E-state index contributed by atoms with van der Waals surface area (Å²) in [6.07, 6.45) is -2.44. The van der Waals surface area contributed by atoms with E-state index in [0.717, 1.165) is 0 Å². The monoisotopic (exact) mass is 213 g/mol. The number of rotatable bonds is 3. The molecular formula is C9H9F2N3O. The Balaban J connectivity index is 2.23. The van der Waals surface area contributed by atoms with Crippen LogP contribution in [0, 0.1) is 0 Å². The van der Waals surface area contributed by atoms with Crippen LogP contribution in [0.4, 0.5) is 20.5 Å². The highest BCUT2D eigenvalue weighted by Gasteiger charge is 2.07. The van der Waals surface area contributed by atoms with Crippen molar-refractivity contribution in [1.29, 1.82) is 0 Å². The number of nitrogen functional groups attached to an aromatic ring is 1. The van der Waals surface area contributed by atoms with Crippen LogP contribution in [0.15, 0.2) is 22.6 Å². The number of anilines is 2. The number of hydrogen-bond donors (Lipinski definition) is 2. The first kappa shape index (κ1) is 9.70. The number of nitrogens with zero attached hydrogens (tertiary/aromatic N) is 1. The average Bonchev–Trinajstić information content (AvgIpc) is 2.56. The molecule has 2 rings (SSSR count). The van der Waals surface area contributed by atoms with E-state index in [9.17, 15) is 8.78 Å². The van der Waals surface area contributed by atoms with Gasteiger partial charge in [-0.25, -0.2) is 8.78 Å². The highest BCUT2D eigenvalue weighted by atomic mass is 19.3. The van der Waals surface area contributed by atoms with Crippen LogP contribution >= 0.6 is 0 Å². The van der Waals surface area contributed by atoms with E-state index < -0.39 is 13.0 Å². The molecular weight excluding hydrogens is 204 g/mol. The van der Waals surface area contributed by atoms with Crippen molar-refractivity contribution >= 4 is 22.8 Å². The molecule has 0 aliphatic heterocycles. The first-order valence-electron chi connectivity index (χ1n) is 4.33. The van der Waals surface area contributed by atoms with Gasteiger partial charge in [0.05, 0.1) is 6.54 Å². The lowest BCUT2D eigenvalue weighted by Gasteiger charge is -1.97. The summed E-state index contributed by atoms with van der Waals surface area (Å²) in [6.45, 7) is -0.484. The zero-order chi connectivity index (χ0) is 10.8. The molecule has 0 atom stereocenters. The molecule has 0 saturated heterocycles. The van der Waals surface area contributed by atoms with E-state index in [1.807, 2.05) is 0 Å². The first-order valence-corrected chi connectivity index (χ1v) is 4.33. The molecule has 15 heavy (non-hydrogen) atoms. The van der Waals surface area contributed by atoms with Gasteiger partial charge in [-0.15, -0.1) is 0 Å². The Kier molecular flexibility index (Phi) is 2.40. The normalized spacial score (nSPS) is 11.1. The number of aromatic nitrogens is 1. The van der Waals surface area contributed by atoms with Crippen molar-refractivity contribution in [2.45, 2.75) is 6.43 Å². The summed E-state index contributed by atoms with van der Waals surface area (Å²) in [4.78, 5) is 3.96. The summed E-state index contributed by atoms with van der Waals surface area (Å²) in [5, 5.41) is 2.38. The van der Waals surface area contributed by atoms with Crippen molar-refractivity contribution in [3.63, 3.8) is 0 Å². The number of oxazole rings is 1. The molecule has 0 amide bonds. The summed E-state index contributed by atoms with van der Waals surface area (Å²) in [5.74, 6) is 0. The number of nitrogens with two attached hydrogens (primary N) is 1. The maximum atomic E-state index is 11.9. The van der Waals surface area contributed by atoms with Crippen molar-refractivity contribution in [2.24, 2.45) is 0 Å². The molecule has 0 unspecified atom stereocenters. The SMILES string of the molecule is Nc1ccc2nc(NCC(F)F)oc2c1. The van der Waals surface area contributed by atoms with Gasteiger partial charge in [-0.3, -0.25) is 0 Å². The number of nitrogens with one attached hydrogen (secondary N) is 1. The van der Waals surface area contributed by atoms with E-state index in [2.05, 4.69) is 10.3 Å². The van der Waals surface area contributed by atoms with Gasteiger partial charge in [-0.1, -0.05) is 0 Å². The van der Waals surface area contributed by atoms with E-state index in [1.165, 1.54) is 0 Å². The van der Waals surface area contributed by atoms with Crippen molar-refractivity contribution in [3.05, 3.63) is 18.2 Å². The minimum Gasteiger partial charge on any atom is -0.423 e. The molecule has 1 aromatic heterocycles.